The summed E-state index contributed by atoms with van der Waals surface area (Å²) in [6.07, 6.45) is 0.560. The molecule has 1 atom stereocenters. The Morgan fingerprint density at radius 1 is 1.50 bits per heavy atom. The maximum Gasteiger partial charge on any atom is 0.153 e. The molecule has 0 aliphatic carbocycles. The van der Waals surface area contributed by atoms with Crippen molar-refractivity contribution >= 4 is 11.8 Å². The summed E-state index contributed by atoms with van der Waals surface area (Å²) in [5, 5.41) is 8.92. The molecule has 88 valence electrons. The second-order valence-corrected chi connectivity index (χ2v) is 6.02. The van der Waals surface area contributed by atoms with E-state index in [0.29, 0.717) is 6.42 Å². The van der Waals surface area contributed by atoms with Crippen molar-refractivity contribution in [2.75, 3.05) is 6.61 Å². The van der Waals surface area contributed by atoms with Crippen LogP contribution < -0.4 is 10.5 Å². The highest BCUT2D eigenvalue weighted by Gasteiger charge is 2.33. The van der Waals surface area contributed by atoms with Crippen molar-refractivity contribution in [2.45, 2.75) is 36.1 Å². The Morgan fingerprint density at radius 3 is 2.94 bits per heavy atom. The van der Waals surface area contributed by atoms with Crippen LogP contribution in [0.25, 0.3) is 0 Å². The predicted octanol–water partition coefficient (Wildman–Crippen LogP) is 2.29. The molecule has 0 spiro atoms. The van der Waals surface area contributed by atoms with Gasteiger partial charge in [0.25, 0.3) is 0 Å². The predicted molar refractivity (Wildman–Crippen MR) is 65.6 cm³/mol. The van der Waals surface area contributed by atoms with E-state index in [2.05, 4.69) is 0 Å². The zero-order chi connectivity index (χ0) is 11.8. The van der Waals surface area contributed by atoms with Gasteiger partial charge in [0, 0.05) is 18.2 Å². The Balaban J connectivity index is 2.33. The van der Waals surface area contributed by atoms with E-state index < -0.39 is 0 Å². The van der Waals surface area contributed by atoms with Crippen molar-refractivity contribution in [1.29, 1.82) is 0 Å². The second-order valence-electron chi connectivity index (χ2n) is 4.40. The standard InChI is InChI=1S/C12H17NO2S/c1-12(2)15-11-8(9(13)6-7-14)4-3-5-10(11)16-12/h3-5,9,14H,6-7,13H2,1-2H3. The number of hydrogen-bond donors (Lipinski definition) is 2. The van der Waals surface area contributed by atoms with Crippen LogP contribution in [0.5, 0.6) is 5.75 Å². The van der Waals surface area contributed by atoms with Gasteiger partial charge in [-0.2, -0.15) is 0 Å². The van der Waals surface area contributed by atoms with Crippen molar-refractivity contribution in [1.82, 2.24) is 0 Å². The van der Waals surface area contributed by atoms with E-state index in [1.54, 1.807) is 11.8 Å². The molecular weight excluding hydrogens is 222 g/mol. The summed E-state index contributed by atoms with van der Waals surface area (Å²) in [7, 11) is 0. The first-order chi connectivity index (χ1) is 7.53. The first-order valence-electron chi connectivity index (χ1n) is 5.41. The number of aliphatic hydroxyl groups is 1. The van der Waals surface area contributed by atoms with Crippen LogP contribution in [-0.2, 0) is 0 Å². The minimum atomic E-state index is -0.225. The van der Waals surface area contributed by atoms with Crippen LogP contribution in [0, 0.1) is 0 Å². The van der Waals surface area contributed by atoms with E-state index in [4.69, 9.17) is 15.6 Å². The number of benzene rings is 1. The number of para-hydroxylation sites is 1. The molecule has 0 aromatic heterocycles. The number of hydrogen-bond acceptors (Lipinski definition) is 4. The monoisotopic (exact) mass is 239 g/mol. The normalized spacial score (nSPS) is 19.0. The summed E-state index contributed by atoms with van der Waals surface area (Å²) in [6.45, 7) is 4.18. The number of rotatable bonds is 3. The van der Waals surface area contributed by atoms with Gasteiger partial charge in [-0.1, -0.05) is 23.9 Å². The van der Waals surface area contributed by atoms with Crippen LogP contribution in [0.15, 0.2) is 23.1 Å². The lowest BCUT2D eigenvalue weighted by Gasteiger charge is -2.18. The molecule has 0 amide bonds. The molecule has 3 N–H and O–H groups in total. The Morgan fingerprint density at radius 2 is 2.25 bits per heavy atom. The molecule has 0 saturated carbocycles. The van der Waals surface area contributed by atoms with Crippen molar-refractivity contribution in [2.24, 2.45) is 5.73 Å². The SMILES string of the molecule is CC1(C)Oc2c(cccc2C(N)CCO)S1. The molecule has 1 aromatic rings. The smallest absolute Gasteiger partial charge is 0.153 e. The molecule has 1 aliphatic rings. The molecule has 1 aliphatic heterocycles. The van der Waals surface area contributed by atoms with Crippen molar-refractivity contribution in [3.63, 3.8) is 0 Å². The van der Waals surface area contributed by atoms with Gasteiger partial charge in [-0.25, -0.2) is 0 Å². The fourth-order valence-corrected chi connectivity index (χ4v) is 2.89. The minimum Gasteiger partial charge on any atom is -0.475 e. The van der Waals surface area contributed by atoms with Crippen LogP contribution in [0.4, 0.5) is 0 Å². The molecule has 0 radical (unpaired) electrons. The van der Waals surface area contributed by atoms with Gasteiger partial charge in [-0.3, -0.25) is 0 Å². The van der Waals surface area contributed by atoms with Crippen molar-refractivity contribution < 1.29 is 9.84 Å². The Kier molecular flexibility index (Phi) is 3.15. The molecule has 1 aromatic carbocycles. The Labute approximate surface area is 100.0 Å². The molecule has 0 saturated heterocycles. The van der Waals surface area contributed by atoms with E-state index >= 15 is 0 Å². The molecule has 0 bridgehead atoms. The van der Waals surface area contributed by atoms with E-state index in [1.807, 2.05) is 32.0 Å². The lowest BCUT2D eigenvalue weighted by Crippen LogP contribution is -2.20. The minimum absolute atomic E-state index is 0.0986. The van der Waals surface area contributed by atoms with Crippen LogP contribution in [0.2, 0.25) is 0 Å². The van der Waals surface area contributed by atoms with Gasteiger partial charge in [0.2, 0.25) is 0 Å². The molecule has 1 unspecified atom stereocenters. The fourth-order valence-electron chi connectivity index (χ4n) is 1.84. The fraction of sp³-hybridized carbons (Fsp3) is 0.500. The van der Waals surface area contributed by atoms with Crippen LogP contribution in [-0.4, -0.2) is 16.6 Å². The van der Waals surface area contributed by atoms with Gasteiger partial charge in [-0.15, -0.1) is 0 Å². The quantitative estimate of drug-likeness (QED) is 0.849. The number of aliphatic hydroxyl groups excluding tert-OH is 1. The number of nitrogens with two attached hydrogens (primary N) is 1. The summed E-state index contributed by atoms with van der Waals surface area (Å²) >= 11 is 1.70. The van der Waals surface area contributed by atoms with Gasteiger partial charge in [0.1, 0.15) is 5.75 Å². The first kappa shape index (κ1) is 11.8. The zero-order valence-corrected chi connectivity index (χ0v) is 10.4. The third-order valence-corrected chi connectivity index (χ3v) is 3.67. The zero-order valence-electron chi connectivity index (χ0n) is 9.56. The van der Waals surface area contributed by atoms with E-state index in [1.165, 1.54) is 0 Å². The number of thioether (sulfide) groups is 1. The largest absolute Gasteiger partial charge is 0.475 e. The summed E-state index contributed by atoms with van der Waals surface area (Å²) in [5.41, 5.74) is 7.01. The maximum atomic E-state index is 8.92. The summed E-state index contributed by atoms with van der Waals surface area (Å²) in [5.74, 6) is 0.887. The number of fused-ring (bicyclic) bond motifs is 1. The lowest BCUT2D eigenvalue weighted by molar-refractivity contribution is 0.210. The van der Waals surface area contributed by atoms with Gasteiger partial charge >= 0.3 is 0 Å². The maximum absolute atomic E-state index is 8.92. The van der Waals surface area contributed by atoms with Gasteiger partial charge in [0.15, 0.2) is 4.93 Å². The molecule has 16 heavy (non-hydrogen) atoms. The van der Waals surface area contributed by atoms with E-state index in [9.17, 15) is 0 Å². The highest BCUT2D eigenvalue weighted by Crippen LogP contribution is 2.49. The second kappa shape index (κ2) is 4.28. The number of ether oxygens (including phenoxy) is 1. The highest BCUT2D eigenvalue weighted by atomic mass is 32.2. The molecular formula is C12H17NO2S. The molecule has 3 nitrogen and oxygen atoms in total. The van der Waals surface area contributed by atoms with Crippen molar-refractivity contribution in [3.8, 4) is 5.75 Å². The van der Waals surface area contributed by atoms with Gasteiger partial charge in [-0.05, 0) is 26.3 Å². The summed E-state index contributed by atoms with van der Waals surface area (Å²) in [4.78, 5) is 0.910. The summed E-state index contributed by atoms with van der Waals surface area (Å²) in [6, 6.07) is 5.85. The van der Waals surface area contributed by atoms with Crippen molar-refractivity contribution in [3.05, 3.63) is 23.8 Å². The van der Waals surface area contributed by atoms with Crippen LogP contribution in [0.1, 0.15) is 31.9 Å². The first-order valence-corrected chi connectivity index (χ1v) is 6.22. The van der Waals surface area contributed by atoms with Gasteiger partial charge in [0.05, 0.1) is 4.90 Å². The van der Waals surface area contributed by atoms with Crippen LogP contribution >= 0.6 is 11.8 Å². The molecule has 2 rings (SSSR count). The van der Waals surface area contributed by atoms with E-state index in [-0.39, 0.29) is 17.6 Å². The molecule has 1 heterocycles. The third kappa shape index (κ3) is 2.19. The average Bonchev–Trinajstić information content (AvgIpc) is 2.51. The molecule has 0 fully saturated rings. The third-order valence-electron chi connectivity index (χ3n) is 2.55. The Bertz CT molecular complexity index is 393. The van der Waals surface area contributed by atoms with Crippen LogP contribution in [0.3, 0.4) is 0 Å². The Hall–Kier alpha value is -0.710. The lowest BCUT2D eigenvalue weighted by atomic mass is 10.0. The average molecular weight is 239 g/mol. The highest BCUT2D eigenvalue weighted by molar-refractivity contribution is 8.00. The van der Waals surface area contributed by atoms with E-state index in [0.717, 1.165) is 16.2 Å². The topological polar surface area (TPSA) is 55.5 Å². The molecule has 4 heteroatoms. The summed E-state index contributed by atoms with van der Waals surface area (Å²) < 4.78 is 5.89. The van der Waals surface area contributed by atoms with Gasteiger partial charge < -0.3 is 15.6 Å².